The highest BCUT2D eigenvalue weighted by atomic mass is 32.3. The summed E-state index contributed by atoms with van der Waals surface area (Å²) in [4.78, 5) is 0. The van der Waals surface area contributed by atoms with Crippen LogP contribution in [0.25, 0.3) is 12.2 Å². The molecule has 0 saturated carbocycles. The van der Waals surface area contributed by atoms with Gasteiger partial charge in [0.15, 0.2) is 23.8 Å². The lowest BCUT2D eigenvalue weighted by Crippen LogP contribution is -2.31. The Hall–Kier alpha value is -2.35. The van der Waals surface area contributed by atoms with Gasteiger partial charge in [-0.15, -0.1) is 0 Å². The molecule has 2 aromatic heterocycles. The number of hydrogen-bond acceptors (Lipinski definition) is 4. The molecule has 0 aliphatic carbocycles. The molecule has 136 valence electrons. The van der Waals surface area contributed by atoms with E-state index in [4.69, 9.17) is 17.5 Å². The first-order valence-electron chi connectivity index (χ1n) is 7.32. The van der Waals surface area contributed by atoms with Crippen LogP contribution in [0.4, 0.5) is 0 Å². The Balaban J connectivity index is 0.000000368. The van der Waals surface area contributed by atoms with Crippen molar-refractivity contribution in [2.24, 2.45) is 14.1 Å². The third-order valence-electron chi connectivity index (χ3n) is 3.30. The minimum atomic E-state index is -5.17. The van der Waals surface area contributed by atoms with Crippen LogP contribution < -0.4 is 9.13 Å². The Morgan fingerprint density at radius 2 is 1.12 bits per heavy atom. The van der Waals surface area contributed by atoms with E-state index in [-0.39, 0.29) is 0 Å². The molecule has 2 heterocycles. The van der Waals surface area contributed by atoms with E-state index in [9.17, 15) is 0 Å². The summed E-state index contributed by atoms with van der Waals surface area (Å²) >= 11 is 0. The summed E-state index contributed by atoms with van der Waals surface area (Å²) in [5.74, 6) is 0. The summed E-state index contributed by atoms with van der Waals surface area (Å²) in [6.07, 6.45) is 7.81. The first-order valence-corrected chi connectivity index (χ1v) is 8.65. The minimum absolute atomic E-state index is 1.16. The second-order valence-corrected chi connectivity index (χ2v) is 6.06. The van der Waals surface area contributed by atoms with Gasteiger partial charge in [-0.25, -0.2) is 9.13 Å². The summed E-state index contributed by atoms with van der Waals surface area (Å²) in [5, 5.41) is 0. The second-order valence-electron chi connectivity index (χ2n) is 5.25. The second kappa shape index (κ2) is 10.5. The molecule has 6 nitrogen and oxygen atoms in total. The van der Waals surface area contributed by atoms with E-state index in [1.807, 2.05) is 26.2 Å². The molecular weight excluding hydrogens is 340 g/mol. The average Bonchev–Trinajstić information content (AvgIpc) is 2.52. The predicted octanol–water partition coefficient (Wildman–Crippen LogP) is 1.59. The van der Waals surface area contributed by atoms with Crippen molar-refractivity contribution < 1.29 is 26.7 Å². The fraction of sp³-hybridized carbons (Fsp3) is 0.222. The maximum absolute atomic E-state index is 8.52. The van der Waals surface area contributed by atoms with E-state index in [1.165, 1.54) is 11.4 Å². The molecule has 0 bridgehead atoms. The third-order valence-corrected chi connectivity index (χ3v) is 3.30. The van der Waals surface area contributed by atoms with Gasteiger partial charge in [-0.2, -0.15) is 0 Å². The van der Waals surface area contributed by atoms with Crippen molar-refractivity contribution in [2.75, 3.05) is 0 Å². The highest BCUT2D eigenvalue weighted by molar-refractivity contribution is 7.79. The van der Waals surface area contributed by atoms with Crippen molar-refractivity contribution in [1.29, 1.82) is 0 Å². The van der Waals surface area contributed by atoms with Crippen molar-refractivity contribution in [1.82, 2.24) is 0 Å². The number of hydrogen-bond donors (Lipinski definition) is 0. The zero-order chi connectivity index (χ0) is 19.6. The van der Waals surface area contributed by atoms with Gasteiger partial charge in [0.2, 0.25) is 0 Å². The quantitative estimate of drug-likeness (QED) is 0.460. The van der Waals surface area contributed by atoms with E-state index < -0.39 is 10.4 Å². The van der Waals surface area contributed by atoms with Crippen LogP contribution in [0.1, 0.15) is 22.5 Å². The largest absolute Gasteiger partial charge is 0.759 e. The van der Waals surface area contributed by atoms with Crippen molar-refractivity contribution in [2.45, 2.75) is 13.8 Å². The maximum Gasteiger partial charge on any atom is 0.177 e. The molecule has 0 atom stereocenters. The van der Waals surface area contributed by atoms with Gasteiger partial charge in [0, 0.05) is 47.5 Å². The Morgan fingerprint density at radius 3 is 1.32 bits per heavy atom. The molecule has 0 spiro atoms. The lowest BCUT2D eigenvalue weighted by atomic mass is 10.2. The molecule has 2 rings (SSSR count). The Bertz CT molecular complexity index is 767. The molecule has 2 aromatic rings. The molecule has 0 N–H and O–H groups in total. The lowest BCUT2D eigenvalue weighted by Gasteiger charge is -2.06. The standard InChI is InChI=1S/2C9H12N.H2O4S/c2*1-4-9-6-5-8(2)10(3)7-9;1-5(2,3)4/h2*4-7H,1H2,2-3H3;(H2,1,2,3,4)/q2*+1;/p-2. The Kier molecular flexibility index (Phi) is 9.51. The molecule has 0 fully saturated rings. The van der Waals surface area contributed by atoms with Gasteiger partial charge in [-0.05, 0) is 12.1 Å². The van der Waals surface area contributed by atoms with Crippen molar-refractivity contribution >= 4 is 22.6 Å². The molecule has 0 unspecified atom stereocenters. The lowest BCUT2D eigenvalue weighted by molar-refractivity contribution is -0.677. The van der Waals surface area contributed by atoms with Gasteiger partial charge in [-0.3, -0.25) is 8.42 Å². The molecule has 0 radical (unpaired) electrons. The molecular formula is C18H24N2O4S. The molecule has 0 aromatic carbocycles. The van der Waals surface area contributed by atoms with Crippen LogP contribution >= 0.6 is 0 Å². The van der Waals surface area contributed by atoms with Crippen LogP contribution in [0.5, 0.6) is 0 Å². The molecule has 0 aliphatic heterocycles. The molecule has 25 heavy (non-hydrogen) atoms. The average molecular weight is 364 g/mol. The molecule has 0 saturated heterocycles. The number of aryl methyl sites for hydroxylation is 4. The van der Waals surface area contributed by atoms with E-state index in [0.717, 1.165) is 11.1 Å². The van der Waals surface area contributed by atoms with Crippen molar-refractivity contribution in [3.8, 4) is 0 Å². The van der Waals surface area contributed by atoms with Crippen LogP contribution in [0.2, 0.25) is 0 Å². The zero-order valence-electron chi connectivity index (χ0n) is 15.0. The summed E-state index contributed by atoms with van der Waals surface area (Å²) in [6, 6.07) is 8.28. The zero-order valence-corrected chi connectivity index (χ0v) is 15.8. The van der Waals surface area contributed by atoms with E-state index in [0.29, 0.717) is 0 Å². The highest BCUT2D eigenvalue weighted by Crippen LogP contribution is 1.98. The van der Waals surface area contributed by atoms with Crippen molar-refractivity contribution in [3.05, 3.63) is 72.3 Å². The van der Waals surface area contributed by atoms with Gasteiger partial charge >= 0.3 is 0 Å². The normalized spacial score (nSPS) is 9.84. The van der Waals surface area contributed by atoms with E-state index in [2.05, 4.69) is 72.8 Å². The maximum atomic E-state index is 8.52. The summed E-state index contributed by atoms with van der Waals surface area (Å²) in [5.41, 5.74) is 4.83. The minimum Gasteiger partial charge on any atom is -0.759 e. The van der Waals surface area contributed by atoms with E-state index in [1.54, 1.807) is 0 Å². The van der Waals surface area contributed by atoms with Crippen LogP contribution in [0.3, 0.4) is 0 Å². The van der Waals surface area contributed by atoms with E-state index >= 15 is 0 Å². The van der Waals surface area contributed by atoms with Gasteiger partial charge in [0.1, 0.15) is 14.1 Å². The van der Waals surface area contributed by atoms with Gasteiger partial charge in [0.25, 0.3) is 0 Å². The number of rotatable bonds is 2. The SMILES string of the molecule is C=Cc1ccc(C)[n+](C)c1.C=Cc1ccc(C)[n+](C)c1.O=S(=O)([O-])[O-]. The number of pyridine rings is 2. The van der Waals surface area contributed by atoms with Crippen LogP contribution in [-0.2, 0) is 24.5 Å². The third kappa shape index (κ3) is 10.9. The van der Waals surface area contributed by atoms with Gasteiger partial charge in [0.05, 0.1) is 0 Å². The molecule has 0 amide bonds. The number of aromatic nitrogens is 2. The van der Waals surface area contributed by atoms with Gasteiger partial charge < -0.3 is 9.11 Å². The van der Waals surface area contributed by atoms with Crippen LogP contribution in [-0.4, -0.2) is 17.5 Å². The summed E-state index contributed by atoms with van der Waals surface area (Å²) in [6.45, 7) is 11.5. The summed E-state index contributed by atoms with van der Waals surface area (Å²) < 4.78 is 38.2. The highest BCUT2D eigenvalue weighted by Gasteiger charge is 1.98. The molecule has 0 aliphatic rings. The predicted molar refractivity (Wildman–Crippen MR) is 95.4 cm³/mol. The monoisotopic (exact) mass is 364 g/mol. The van der Waals surface area contributed by atoms with Crippen molar-refractivity contribution in [3.63, 3.8) is 0 Å². The van der Waals surface area contributed by atoms with Gasteiger partial charge in [-0.1, -0.05) is 25.3 Å². The smallest absolute Gasteiger partial charge is 0.177 e. The topological polar surface area (TPSA) is 88.0 Å². The summed E-state index contributed by atoms with van der Waals surface area (Å²) in [7, 11) is -1.11. The fourth-order valence-electron chi connectivity index (χ4n) is 1.65. The molecule has 7 heteroatoms. The first kappa shape index (κ1) is 22.6. The Morgan fingerprint density at radius 1 is 0.840 bits per heavy atom. The fourth-order valence-corrected chi connectivity index (χ4v) is 1.65. The Labute approximate surface area is 150 Å². The number of nitrogens with zero attached hydrogens (tertiary/aromatic N) is 2. The van der Waals surface area contributed by atoms with Crippen LogP contribution in [0, 0.1) is 13.8 Å². The first-order chi connectivity index (χ1) is 11.5. The van der Waals surface area contributed by atoms with Crippen LogP contribution in [0.15, 0.2) is 49.8 Å².